The van der Waals surface area contributed by atoms with Gasteiger partial charge in [-0.2, -0.15) is 4.72 Å². The molecule has 0 bridgehead atoms. The van der Waals surface area contributed by atoms with Crippen molar-refractivity contribution in [1.82, 2.24) is 14.5 Å². The third kappa shape index (κ3) is 3.25. The topological polar surface area (TPSA) is 86.8 Å². The third-order valence-corrected chi connectivity index (χ3v) is 7.78. The number of likely N-dealkylation sites (tertiary alicyclic amines) is 2. The molecule has 2 saturated heterocycles. The molecule has 2 amide bonds. The Balaban J connectivity index is 1.44. The summed E-state index contributed by atoms with van der Waals surface area (Å²) in [5.74, 6) is 0.0357. The molecule has 3 aliphatic rings. The Morgan fingerprint density at radius 2 is 1.96 bits per heavy atom. The van der Waals surface area contributed by atoms with E-state index >= 15 is 0 Å². The van der Waals surface area contributed by atoms with Gasteiger partial charge in [-0.1, -0.05) is 18.2 Å². The maximum absolute atomic E-state index is 13.0. The first kappa shape index (κ1) is 18.4. The quantitative estimate of drug-likeness (QED) is 0.806. The maximum atomic E-state index is 13.0. The molecule has 1 unspecified atom stereocenters. The Hall–Kier alpha value is -1.93. The molecule has 3 aliphatic heterocycles. The minimum atomic E-state index is -3.66. The number of rotatable bonds is 2. The molecule has 2 fully saturated rings. The van der Waals surface area contributed by atoms with E-state index in [0.29, 0.717) is 31.5 Å². The molecule has 3 heterocycles. The first-order chi connectivity index (χ1) is 12.8. The Bertz CT molecular complexity index is 875. The number of hydrogen-bond acceptors (Lipinski definition) is 4. The molecule has 146 valence electrons. The second-order valence-corrected chi connectivity index (χ2v) is 9.58. The predicted molar refractivity (Wildman–Crippen MR) is 99.4 cm³/mol. The van der Waals surface area contributed by atoms with Crippen LogP contribution in [-0.4, -0.2) is 62.3 Å². The van der Waals surface area contributed by atoms with Gasteiger partial charge < -0.3 is 9.80 Å². The summed E-state index contributed by atoms with van der Waals surface area (Å²) in [4.78, 5) is 29.0. The van der Waals surface area contributed by atoms with E-state index in [1.165, 1.54) is 0 Å². The molecule has 0 aliphatic carbocycles. The molecule has 1 atom stereocenters. The predicted octanol–water partition coefficient (Wildman–Crippen LogP) is 0.751. The molecule has 8 heteroatoms. The number of carbonyl (C=O) groups is 2. The van der Waals surface area contributed by atoms with Crippen molar-refractivity contribution >= 4 is 21.8 Å². The van der Waals surface area contributed by atoms with Gasteiger partial charge >= 0.3 is 0 Å². The molecule has 4 rings (SSSR count). The van der Waals surface area contributed by atoms with Crippen LogP contribution in [0.2, 0.25) is 0 Å². The van der Waals surface area contributed by atoms with Crippen molar-refractivity contribution in [2.45, 2.75) is 43.5 Å². The molecule has 0 saturated carbocycles. The van der Waals surface area contributed by atoms with Crippen molar-refractivity contribution in [3.8, 4) is 0 Å². The maximum Gasteiger partial charge on any atom is 0.241 e. The summed E-state index contributed by atoms with van der Waals surface area (Å²) in [5.41, 5.74) is 0.658. The van der Waals surface area contributed by atoms with Crippen LogP contribution in [0.1, 0.15) is 31.7 Å². The second-order valence-electron chi connectivity index (χ2n) is 7.90. The SMILES string of the molecule is CCN1CC2(CCN(C(=O)C3Cc4ccccc4S(=O)(=O)N3)CC2)CC1=O. The van der Waals surface area contributed by atoms with Gasteiger partial charge in [-0.15, -0.1) is 0 Å². The highest BCUT2D eigenvalue weighted by molar-refractivity contribution is 7.89. The average molecular weight is 391 g/mol. The normalized spacial score (nSPS) is 26.3. The fourth-order valence-electron chi connectivity index (χ4n) is 4.61. The number of fused-ring (bicyclic) bond motifs is 1. The number of piperidine rings is 1. The number of hydrogen-bond donors (Lipinski definition) is 1. The summed E-state index contributed by atoms with van der Waals surface area (Å²) in [6.45, 7) is 4.63. The lowest BCUT2D eigenvalue weighted by Gasteiger charge is -2.40. The van der Waals surface area contributed by atoms with Crippen molar-refractivity contribution in [1.29, 1.82) is 0 Å². The molecule has 0 aromatic heterocycles. The molecule has 1 N–H and O–H groups in total. The Morgan fingerprint density at radius 3 is 2.63 bits per heavy atom. The molecular weight excluding hydrogens is 366 g/mol. The smallest absolute Gasteiger partial charge is 0.241 e. The van der Waals surface area contributed by atoms with Crippen LogP contribution in [0.3, 0.4) is 0 Å². The van der Waals surface area contributed by atoms with Crippen LogP contribution >= 0.6 is 0 Å². The lowest BCUT2D eigenvalue weighted by Crippen LogP contribution is -2.54. The Kier molecular flexibility index (Phi) is 4.50. The summed E-state index contributed by atoms with van der Waals surface area (Å²) in [7, 11) is -3.66. The van der Waals surface area contributed by atoms with Crippen molar-refractivity contribution in [3.63, 3.8) is 0 Å². The van der Waals surface area contributed by atoms with Crippen LogP contribution in [0, 0.1) is 5.41 Å². The lowest BCUT2D eigenvalue weighted by atomic mass is 9.77. The van der Waals surface area contributed by atoms with Crippen LogP contribution in [0.5, 0.6) is 0 Å². The van der Waals surface area contributed by atoms with Gasteiger partial charge in [-0.05, 0) is 37.8 Å². The van der Waals surface area contributed by atoms with Crippen LogP contribution in [0.15, 0.2) is 29.2 Å². The first-order valence-electron chi connectivity index (χ1n) is 9.50. The van der Waals surface area contributed by atoms with E-state index < -0.39 is 16.1 Å². The van der Waals surface area contributed by atoms with Crippen LogP contribution in [0.25, 0.3) is 0 Å². The van der Waals surface area contributed by atoms with E-state index in [1.807, 2.05) is 11.8 Å². The number of benzene rings is 1. The van der Waals surface area contributed by atoms with Gasteiger partial charge in [0.2, 0.25) is 21.8 Å². The molecule has 1 aromatic rings. The van der Waals surface area contributed by atoms with Crippen molar-refractivity contribution in [2.24, 2.45) is 5.41 Å². The lowest BCUT2D eigenvalue weighted by molar-refractivity contribution is -0.135. The molecule has 7 nitrogen and oxygen atoms in total. The van der Waals surface area contributed by atoms with Gasteiger partial charge in [0.15, 0.2) is 0 Å². The summed E-state index contributed by atoms with van der Waals surface area (Å²) in [5, 5.41) is 0. The van der Waals surface area contributed by atoms with Gasteiger partial charge in [0.1, 0.15) is 6.04 Å². The molecule has 0 radical (unpaired) electrons. The highest BCUT2D eigenvalue weighted by Gasteiger charge is 2.46. The summed E-state index contributed by atoms with van der Waals surface area (Å²) >= 11 is 0. The number of sulfonamides is 1. The zero-order valence-corrected chi connectivity index (χ0v) is 16.3. The monoisotopic (exact) mass is 391 g/mol. The van der Waals surface area contributed by atoms with E-state index in [1.54, 1.807) is 29.2 Å². The summed E-state index contributed by atoms with van der Waals surface area (Å²) < 4.78 is 27.5. The van der Waals surface area contributed by atoms with E-state index in [0.717, 1.165) is 25.9 Å². The van der Waals surface area contributed by atoms with E-state index in [4.69, 9.17) is 0 Å². The number of nitrogens with one attached hydrogen (secondary N) is 1. The van der Waals surface area contributed by atoms with Crippen molar-refractivity contribution < 1.29 is 18.0 Å². The zero-order chi connectivity index (χ0) is 19.2. The zero-order valence-electron chi connectivity index (χ0n) is 15.5. The van der Waals surface area contributed by atoms with Gasteiger partial charge in [0.05, 0.1) is 4.90 Å². The largest absolute Gasteiger partial charge is 0.342 e. The van der Waals surface area contributed by atoms with Crippen LogP contribution < -0.4 is 4.72 Å². The van der Waals surface area contributed by atoms with Gasteiger partial charge in [0.25, 0.3) is 0 Å². The number of carbonyl (C=O) groups excluding carboxylic acids is 2. The van der Waals surface area contributed by atoms with Gasteiger partial charge in [-0.25, -0.2) is 8.42 Å². The standard InChI is InChI=1S/C19H25N3O4S/c1-2-21-13-19(12-17(21)23)7-9-22(10-8-19)18(24)15-11-14-5-3-4-6-16(14)27(25,26)20-15/h3-6,15,20H,2,7-13H2,1H3. The van der Waals surface area contributed by atoms with E-state index in [9.17, 15) is 18.0 Å². The number of nitrogens with zero attached hydrogens (tertiary/aromatic N) is 2. The molecule has 27 heavy (non-hydrogen) atoms. The second kappa shape index (κ2) is 6.60. The first-order valence-corrected chi connectivity index (χ1v) is 11.0. The summed E-state index contributed by atoms with van der Waals surface area (Å²) in [6, 6.07) is 6.06. The fourth-order valence-corrected chi connectivity index (χ4v) is 6.05. The third-order valence-electron chi connectivity index (χ3n) is 6.20. The molecular formula is C19H25N3O4S. The minimum Gasteiger partial charge on any atom is -0.342 e. The minimum absolute atomic E-state index is 0.0253. The fraction of sp³-hybridized carbons (Fsp3) is 0.579. The molecule has 1 aromatic carbocycles. The number of amides is 2. The van der Waals surface area contributed by atoms with Gasteiger partial charge in [-0.3, -0.25) is 9.59 Å². The summed E-state index contributed by atoms with van der Waals surface area (Å²) in [6.07, 6.45) is 2.51. The van der Waals surface area contributed by atoms with Gasteiger partial charge in [0, 0.05) is 38.0 Å². The van der Waals surface area contributed by atoms with Crippen LogP contribution in [0.4, 0.5) is 0 Å². The highest BCUT2D eigenvalue weighted by atomic mass is 32.2. The Morgan fingerprint density at radius 1 is 1.26 bits per heavy atom. The van der Waals surface area contributed by atoms with Crippen molar-refractivity contribution in [3.05, 3.63) is 29.8 Å². The van der Waals surface area contributed by atoms with Crippen molar-refractivity contribution in [2.75, 3.05) is 26.2 Å². The Labute approximate surface area is 159 Å². The van der Waals surface area contributed by atoms with E-state index in [2.05, 4.69) is 4.72 Å². The average Bonchev–Trinajstić information content (AvgIpc) is 2.96. The molecule has 1 spiro atoms. The van der Waals surface area contributed by atoms with Crippen LogP contribution in [-0.2, 0) is 26.0 Å². The van der Waals surface area contributed by atoms with E-state index in [-0.39, 0.29) is 22.1 Å². The highest BCUT2D eigenvalue weighted by Crippen LogP contribution is 2.41.